The van der Waals surface area contributed by atoms with Gasteiger partial charge in [0.1, 0.15) is 5.82 Å². The second kappa shape index (κ2) is 9.87. The van der Waals surface area contributed by atoms with Gasteiger partial charge in [-0.3, -0.25) is 4.79 Å². The minimum Gasteiger partial charge on any atom is -0.478 e. The quantitative estimate of drug-likeness (QED) is 0.580. The number of carboxylic acids is 1. The van der Waals surface area contributed by atoms with Gasteiger partial charge in [-0.2, -0.15) is 0 Å². The Labute approximate surface area is 193 Å². The fraction of sp³-hybridized carbons (Fsp3) is 0.407. The molecular formula is C27H30FNO4. The van der Waals surface area contributed by atoms with Gasteiger partial charge in [0.2, 0.25) is 5.91 Å². The molecule has 4 rings (SSSR count). The number of aromatic carboxylic acids is 1. The number of aliphatic hydroxyl groups excluding tert-OH is 1. The van der Waals surface area contributed by atoms with Crippen LogP contribution < -0.4 is 0 Å². The Hall–Kier alpha value is -2.99. The van der Waals surface area contributed by atoms with Crippen molar-refractivity contribution in [3.63, 3.8) is 0 Å². The topological polar surface area (TPSA) is 77.8 Å². The van der Waals surface area contributed by atoms with Gasteiger partial charge in [0.05, 0.1) is 17.7 Å². The van der Waals surface area contributed by atoms with Crippen LogP contribution in [-0.2, 0) is 16.6 Å². The maximum atomic E-state index is 14.6. The summed E-state index contributed by atoms with van der Waals surface area (Å²) >= 11 is 0. The monoisotopic (exact) mass is 451 g/mol. The van der Waals surface area contributed by atoms with E-state index in [0.717, 1.165) is 31.2 Å². The highest BCUT2D eigenvalue weighted by Gasteiger charge is 2.43. The lowest BCUT2D eigenvalue weighted by Gasteiger charge is -2.34. The normalized spacial score (nSPS) is 21.1. The Balaban J connectivity index is 1.45. The molecule has 174 valence electrons. The molecule has 1 amide bonds. The lowest BCUT2D eigenvalue weighted by atomic mass is 9.73. The van der Waals surface area contributed by atoms with Crippen molar-refractivity contribution in [1.82, 2.24) is 4.90 Å². The molecule has 6 heteroatoms. The van der Waals surface area contributed by atoms with Crippen molar-refractivity contribution in [2.24, 2.45) is 0 Å². The zero-order chi connectivity index (χ0) is 23.4. The minimum absolute atomic E-state index is 0.0750. The smallest absolute Gasteiger partial charge is 0.335 e. The lowest BCUT2D eigenvalue weighted by Crippen LogP contribution is -2.38. The molecule has 0 bridgehead atoms. The highest BCUT2D eigenvalue weighted by Crippen LogP contribution is 2.45. The largest absolute Gasteiger partial charge is 0.478 e. The first kappa shape index (κ1) is 23.2. The molecule has 1 aliphatic heterocycles. The number of halogens is 1. The van der Waals surface area contributed by atoms with Crippen molar-refractivity contribution < 1.29 is 24.2 Å². The Morgan fingerprint density at radius 2 is 1.85 bits per heavy atom. The summed E-state index contributed by atoms with van der Waals surface area (Å²) in [5.74, 6) is -1.17. The number of benzene rings is 2. The summed E-state index contributed by atoms with van der Waals surface area (Å²) in [7, 11) is 0. The van der Waals surface area contributed by atoms with E-state index < -0.39 is 17.5 Å². The first-order valence-electron chi connectivity index (χ1n) is 11.6. The van der Waals surface area contributed by atoms with Crippen molar-refractivity contribution >= 4 is 11.9 Å². The van der Waals surface area contributed by atoms with E-state index in [1.54, 1.807) is 42.5 Å². The second-order valence-electron chi connectivity index (χ2n) is 9.12. The van der Waals surface area contributed by atoms with Crippen LogP contribution in [0.15, 0.2) is 60.7 Å². The van der Waals surface area contributed by atoms with Crippen LogP contribution in [0.2, 0.25) is 0 Å². The average Bonchev–Trinajstić information content (AvgIpc) is 3.44. The summed E-state index contributed by atoms with van der Waals surface area (Å²) in [6.07, 6.45) is 7.99. The van der Waals surface area contributed by atoms with Crippen molar-refractivity contribution in [3.8, 4) is 0 Å². The molecule has 33 heavy (non-hydrogen) atoms. The van der Waals surface area contributed by atoms with Crippen LogP contribution in [0.5, 0.6) is 0 Å². The minimum atomic E-state index is -0.963. The number of carbonyl (C=O) groups is 2. The van der Waals surface area contributed by atoms with Crippen LogP contribution in [-0.4, -0.2) is 45.7 Å². The summed E-state index contributed by atoms with van der Waals surface area (Å²) in [5.41, 5.74) is 1.15. The third kappa shape index (κ3) is 4.86. The van der Waals surface area contributed by atoms with Gasteiger partial charge < -0.3 is 15.1 Å². The number of likely N-dealkylation sites (tertiary alicyclic amines) is 1. The molecule has 2 fully saturated rings. The molecule has 1 aliphatic carbocycles. The molecule has 2 aromatic carbocycles. The van der Waals surface area contributed by atoms with E-state index in [1.165, 1.54) is 6.07 Å². The molecule has 0 aromatic heterocycles. The third-order valence-electron chi connectivity index (χ3n) is 7.20. The van der Waals surface area contributed by atoms with E-state index in [0.29, 0.717) is 31.4 Å². The Morgan fingerprint density at radius 1 is 1.15 bits per heavy atom. The van der Waals surface area contributed by atoms with Crippen molar-refractivity contribution in [2.45, 2.75) is 62.5 Å². The molecule has 1 heterocycles. The second-order valence-corrected chi connectivity index (χ2v) is 9.12. The molecule has 5 nitrogen and oxygen atoms in total. The van der Waals surface area contributed by atoms with Gasteiger partial charge in [0, 0.05) is 18.4 Å². The number of aliphatic hydroxyl groups is 1. The fourth-order valence-electron chi connectivity index (χ4n) is 5.32. The van der Waals surface area contributed by atoms with E-state index in [9.17, 15) is 19.1 Å². The number of amides is 1. The standard InChI is InChI=1S/C27H30FNO4/c28-23-6-2-1-5-22(23)27(16-3-4-17-27)24(30)13-11-21-12-14-25(31)29(21)18-15-19-7-9-20(10-8-19)26(32)33/h1-2,5-11,13,21,24,30H,3-4,12,14-18H2,(H,32,33)/b13-11+/t21-,24+/m0/s1. The average molecular weight is 452 g/mol. The number of hydrogen-bond donors (Lipinski definition) is 2. The first-order valence-corrected chi connectivity index (χ1v) is 11.6. The van der Waals surface area contributed by atoms with Gasteiger partial charge in [0.25, 0.3) is 0 Å². The maximum absolute atomic E-state index is 14.6. The SMILES string of the molecule is O=C(O)c1ccc(CCN2C(=O)CC[C@@H]2/C=C/[C@@H](O)C2(c3ccccc3F)CCCC2)cc1. The van der Waals surface area contributed by atoms with Crippen LogP contribution in [0.1, 0.15) is 60.0 Å². The van der Waals surface area contributed by atoms with E-state index in [1.807, 2.05) is 17.0 Å². The van der Waals surface area contributed by atoms with E-state index >= 15 is 0 Å². The molecule has 2 atom stereocenters. The van der Waals surface area contributed by atoms with Gasteiger partial charge in [-0.25, -0.2) is 9.18 Å². The number of carboxylic acid groups (broad SMARTS) is 1. The van der Waals surface area contributed by atoms with Crippen LogP contribution in [0.4, 0.5) is 4.39 Å². The van der Waals surface area contributed by atoms with Gasteiger partial charge in [0.15, 0.2) is 0 Å². The summed E-state index contributed by atoms with van der Waals surface area (Å²) in [6.45, 7) is 0.523. The van der Waals surface area contributed by atoms with Crippen LogP contribution in [0.3, 0.4) is 0 Å². The van der Waals surface area contributed by atoms with E-state index in [2.05, 4.69) is 0 Å². The molecule has 1 saturated carbocycles. The fourth-order valence-corrected chi connectivity index (χ4v) is 5.32. The van der Waals surface area contributed by atoms with Gasteiger partial charge >= 0.3 is 5.97 Å². The van der Waals surface area contributed by atoms with Crippen molar-refractivity contribution in [2.75, 3.05) is 6.54 Å². The number of hydrogen-bond acceptors (Lipinski definition) is 3. The molecule has 2 N–H and O–H groups in total. The zero-order valence-electron chi connectivity index (χ0n) is 18.6. The highest BCUT2D eigenvalue weighted by molar-refractivity contribution is 5.87. The summed E-state index contributed by atoms with van der Waals surface area (Å²) < 4.78 is 14.6. The Bertz CT molecular complexity index is 1030. The van der Waals surface area contributed by atoms with Gasteiger partial charge in [-0.1, -0.05) is 55.3 Å². The van der Waals surface area contributed by atoms with E-state index in [-0.39, 0.29) is 23.3 Å². The predicted molar refractivity (Wildman–Crippen MR) is 124 cm³/mol. The molecule has 1 saturated heterocycles. The summed E-state index contributed by atoms with van der Waals surface area (Å²) in [6, 6.07) is 13.3. The highest BCUT2D eigenvalue weighted by atomic mass is 19.1. The van der Waals surface area contributed by atoms with Crippen molar-refractivity contribution in [1.29, 1.82) is 0 Å². The van der Waals surface area contributed by atoms with Crippen molar-refractivity contribution in [3.05, 3.63) is 83.2 Å². The molecule has 0 radical (unpaired) electrons. The first-order chi connectivity index (χ1) is 15.9. The lowest BCUT2D eigenvalue weighted by molar-refractivity contribution is -0.128. The maximum Gasteiger partial charge on any atom is 0.335 e. The van der Waals surface area contributed by atoms with Crippen LogP contribution in [0.25, 0.3) is 0 Å². The molecule has 0 unspecified atom stereocenters. The third-order valence-corrected chi connectivity index (χ3v) is 7.20. The zero-order valence-corrected chi connectivity index (χ0v) is 18.6. The molecule has 0 spiro atoms. The van der Waals surface area contributed by atoms with Gasteiger partial charge in [-0.05, 0) is 55.0 Å². The molecule has 2 aromatic rings. The Morgan fingerprint density at radius 3 is 2.52 bits per heavy atom. The van der Waals surface area contributed by atoms with E-state index in [4.69, 9.17) is 5.11 Å². The summed E-state index contributed by atoms with van der Waals surface area (Å²) in [5, 5.41) is 20.2. The number of carbonyl (C=O) groups excluding carboxylic acids is 1. The van der Waals surface area contributed by atoms with Gasteiger partial charge in [-0.15, -0.1) is 0 Å². The number of rotatable bonds is 8. The molecular weight excluding hydrogens is 421 g/mol. The Kier molecular flexibility index (Phi) is 6.94. The summed E-state index contributed by atoms with van der Waals surface area (Å²) in [4.78, 5) is 25.3. The van der Waals surface area contributed by atoms with Crippen LogP contribution in [0, 0.1) is 5.82 Å². The number of nitrogens with zero attached hydrogens (tertiary/aromatic N) is 1. The predicted octanol–water partition coefficient (Wildman–Crippen LogP) is 4.49. The van der Waals surface area contributed by atoms with Crippen LogP contribution >= 0.6 is 0 Å². The molecule has 2 aliphatic rings.